The Morgan fingerprint density at radius 2 is 1.84 bits per heavy atom. The molecule has 0 bridgehead atoms. The summed E-state index contributed by atoms with van der Waals surface area (Å²) < 4.78 is 10.8. The van der Waals surface area contributed by atoms with Gasteiger partial charge in [-0.3, -0.25) is 29.2 Å². The minimum absolute atomic E-state index is 0.0136. The van der Waals surface area contributed by atoms with Crippen LogP contribution < -0.4 is 16.5 Å². The molecule has 244 valence electrons. The van der Waals surface area contributed by atoms with Gasteiger partial charge in [-0.25, -0.2) is 5.43 Å². The van der Waals surface area contributed by atoms with Gasteiger partial charge in [0.05, 0.1) is 31.9 Å². The van der Waals surface area contributed by atoms with Gasteiger partial charge >= 0.3 is 5.97 Å². The number of fused-ring (bicyclic) bond motifs is 1. The molecule has 2 aliphatic heterocycles. The smallest absolute Gasteiger partial charge is 0.318 e. The highest BCUT2D eigenvalue weighted by atomic mass is 16.5. The van der Waals surface area contributed by atoms with Crippen molar-refractivity contribution in [2.45, 2.75) is 64.1 Å². The molecule has 13 nitrogen and oxygen atoms in total. The van der Waals surface area contributed by atoms with E-state index in [1.807, 2.05) is 30.3 Å². The highest BCUT2D eigenvalue weighted by Gasteiger charge is 2.38. The lowest BCUT2D eigenvalue weighted by molar-refractivity contribution is -0.150. The summed E-state index contributed by atoms with van der Waals surface area (Å²) in [6.07, 6.45) is 6.24. The zero-order valence-corrected chi connectivity index (χ0v) is 25.7. The third-order valence-corrected chi connectivity index (χ3v) is 8.11. The number of nitrogens with zero attached hydrogens (tertiary/aromatic N) is 2. The number of benzene rings is 1. The second kappa shape index (κ2) is 15.4. The normalized spacial score (nSPS) is 21.2. The lowest BCUT2D eigenvalue weighted by atomic mass is 9.89. The number of carbonyl (C=O) groups excluding carboxylic acids is 3. The number of rotatable bonds is 9. The first-order chi connectivity index (χ1) is 21.5. The van der Waals surface area contributed by atoms with E-state index in [4.69, 9.17) is 15.2 Å². The Hall–Kier alpha value is -3.91. The first-order valence-corrected chi connectivity index (χ1v) is 15.4. The monoisotopic (exact) mass is 625 g/mol. The summed E-state index contributed by atoms with van der Waals surface area (Å²) in [7, 11) is 0. The SMILES string of the molecule is CC(NC(=O)C(O)C1CC1)C(=O)N1CCCC(C(N)=O)N1.CCc1ccc2ccc(/C=C/C3(C(=O)O)COCCOC3)cc2n1. The van der Waals surface area contributed by atoms with Crippen LogP contribution in [0.15, 0.2) is 36.4 Å². The number of aromatic nitrogens is 1. The molecule has 1 aliphatic carbocycles. The van der Waals surface area contributed by atoms with Crippen molar-refractivity contribution in [3.05, 3.63) is 47.7 Å². The number of hydrogen-bond acceptors (Lipinski definition) is 9. The van der Waals surface area contributed by atoms with E-state index in [1.54, 1.807) is 13.0 Å². The molecule has 5 rings (SSSR count). The van der Waals surface area contributed by atoms with E-state index in [9.17, 15) is 29.4 Å². The molecular formula is C32H43N5O8. The molecule has 1 aromatic heterocycles. The van der Waals surface area contributed by atoms with Gasteiger partial charge in [-0.15, -0.1) is 0 Å². The van der Waals surface area contributed by atoms with Gasteiger partial charge in [0.1, 0.15) is 23.6 Å². The van der Waals surface area contributed by atoms with Crippen molar-refractivity contribution in [2.24, 2.45) is 17.1 Å². The van der Waals surface area contributed by atoms with Crippen LogP contribution in [0.1, 0.15) is 50.8 Å². The van der Waals surface area contributed by atoms with Crippen LogP contribution in [-0.2, 0) is 35.1 Å². The number of ether oxygens (including phenoxy) is 2. The van der Waals surface area contributed by atoms with Crippen LogP contribution in [0.25, 0.3) is 17.0 Å². The Morgan fingerprint density at radius 3 is 2.47 bits per heavy atom. The maximum absolute atomic E-state index is 12.2. The number of aryl methyl sites for hydroxylation is 1. The molecule has 3 heterocycles. The van der Waals surface area contributed by atoms with Crippen LogP contribution >= 0.6 is 0 Å². The van der Waals surface area contributed by atoms with Crippen molar-refractivity contribution in [1.29, 1.82) is 0 Å². The molecule has 3 aliphatic rings. The number of carboxylic acids is 1. The average Bonchev–Trinajstić information content (AvgIpc) is 3.91. The Balaban J connectivity index is 0.000000207. The zero-order valence-electron chi connectivity index (χ0n) is 25.7. The van der Waals surface area contributed by atoms with Crippen molar-refractivity contribution in [3.8, 4) is 0 Å². The summed E-state index contributed by atoms with van der Waals surface area (Å²) in [6.45, 7) is 5.14. The highest BCUT2D eigenvalue weighted by Crippen LogP contribution is 2.32. The molecule has 1 saturated carbocycles. The standard InChI is InChI=1S/C19H21NO4.C13H22N4O4/c1-2-16-6-5-15-4-3-14(11-17(15)20-16)7-8-19(18(21)22)12-23-9-10-24-13-19;1-7(15-12(20)10(18)8-4-5-8)13(21)17-6-2-3-9(16-17)11(14)19/h3-8,11H,2,9-10,12-13H2,1H3,(H,21,22);7-10,16,18H,2-6H2,1H3,(H2,14,19)(H,15,20)/b8-7+;. The maximum Gasteiger partial charge on any atom is 0.318 e. The third-order valence-electron chi connectivity index (χ3n) is 8.11. The minimum atomic E-state index is -1.15. The van der Waals surface area contributed by atoms with Gasteiger partial charge in [-0.1, -0.05) is 37.3 Å². The van der Waals surface area contributed by atoms with Crippen molar-refractivity contribution in [2.75, 3.05) is 33.0 Å². The van der Waals surface area contributed by atoms with Crippen molar-refractivity contribution in [1.82, 2.24) is 20.7 Å². The summed E-state index contributed by atoms with van der Waals surface area (Å²) in [5, 5.41) is 24.2. The number of amides is 3. The Morgan fingerprint density at radius 1 is 1.16 bits per heavy atom. The fraction of sp³-hybridized carbons (Fsp3) is 0.531. The van der Waals surface area contributed by atoms with Crippen LogP contribution in [0.3, 0.4) is 0 Å². The van der Waals surface area contributed by atoms with Crippen LogP contribution in [-0.4, -0.2) is 95.1 Å². The number of nitrogens with one attached hydrogen (secondary N) is 2. The van der Waals surface area contributed by atoms with E-state index in [0.29, 0.717) is 32.6 Å². The van der Waals surface area contributed by atoms with Gasteiger partial charge in [0.2, 0.25) is 11.8 Å². The molecule has 3 atom stereocenters. The second-order valence-electron chi connectivity index (χ2n) is 11.7. The molecule has 2 aromatic rings. The van der Waals surface area contributed by atoms with Crippen molar-refractivity contribution >= 4 is 40.7 Å². The number of aliphatic carboxylic acids is 1. The van der Waals surface area contributed by atoms with Gasteiger partial charge < -0.3 is 30.7 Å². The third kappa shape index (κ3) is 9.07. The van der Waals surface area contributed by atoms with Crippen molar-refractivity contribution in [3.63, 3.8) is 0 Å². The van der Waals surface area contributed by atoms with E-state index in [2.05, 4.69) is 28.7 Å². The molecule has 0 spiro atoms. The number of hydrogen-bond donors (Lipinski definition) is 5. The lowest BCUT2D eigenvalue weighted by Gasteiger charge is -2.34. The molecule has 0 radical (unpaired) electrons. The Bertz CT molecular complexity index is 1400. The second-order valence-corrected chi connectivity index (χ2v) is 11.7. The summed E-state index contributed by atoms with van der Waals surface area (Å²) in [4.78, 5) is 51.5. The molecular weight excluding hydrogens is 582 g/mol. The van der Waals surface area contributed by atoms with Gasteiger partial charge in [-0.2, -0.15) is 0 Å². The molecule has 3 unspecified atom stereocenters. The number of carbonyl (C=O) groups is 4. The molecule has 2 saturated heterocycles. The van der Waals surface area contributed by atoms with Gasteiger partial charge in [0.25, 0.3) is 5.91 Å². The topological polar surface area (TPSA) is 193 Å². The van der Waals surface area contributed by atoms with Gasteiger partial charge in [0.15, 0.2) is 0 Å². The summed E-state index contributed by atoms with van der Waals surface area (Å²) >= 11 is 0. The number of nitrogens with two attached hydrogens (primary N) is 1. The largest absolute Gasteiger partial charge is 0.480 e. The summed E-state index contributed by atoms with van der Waals surface area (Å²) in [5.74, 6) is -2.31. The fourth-order valence-corrected chi connectivity index (χ4v) is 5.06. The van der Waals surface area contributed by atoms with Gasteiger partial charge in [-0.05, 0) is 62.6 Å². The summed E-state index contributed by atoms with van der Waals surface area (Å²) in [5.41, 5.74) is 9.70. The fourth-order valence-electron chi connectivity index (χ4n) is 5.06. The van der Waals surface area contributed by atoms with E-state index < -0.39 is 41.4 Å². The number of hydrazine groups is 1. The molecule has 3 fully saturated rings. The molecule has 3 amide bonds. The molecule has 6 N–H and O–H groups in total. The predicted molar refractivity (Wildman–Crippen MR) is 165 cm³/mol. The van der Waals surface area contributed by atoms with Gasteiger partial charge in [0, 0.05) is 17.6 Å². The van der Waals surface area contributed by atoms with E-state index >= 15 is 0 Å². The average molecular weight is 626 g/mol. The highest BCUT2D eigenvalue weighted by molar-refractivity contribution is 5.89. The van der Waals surface area contributed by atoms with Crippen molar-refractivity contribution < 1.29 is 38.9 Å². The summed E-state index contributed by atoms with van der Waals surface area (Å²) in [6, 6.07) is 8.67. The number of aliphatic hydroxyl groups excluding tert-OH is 1. The first kappa shape index (κ1) is 34.0. The number of pyridine rings is 1. The van der Waals surface area contributed by atoms with Crippen LogP contribution in [0.5, 0.6) is 0 Å². The number of aliphatic hydroxyl groups is 1. The zero-order chi connectivity index (χ0) is 32.6. The molecule has 45 heavy (non-hydrogen) atoms. The Labute approximate surface area is 262 Å². The first-order valence-electron chi connectivity index (χ1n) is 15.4. The van der Waals surface area contributed by atoms with Crippen LogP contribution in [0, 0.1) is 11.3 Å². The van der Waals surface area contributed by atoms with E-state index in [1.165, 1.54) is 5.01 Å². The number of carboxylic acid groups (broad SMARTS) is 1. The number of primary amides is 1. The Kier molecular flexibility index (Phi) is 11.6. The quantitative estimate of drug-likeness (QED) is 0.270. The van der Waals surface area contributed by atoms with E-state index in [0.717, 1.165) is 41.4 Å². The maximum atomic E-state index is 12.2. The lowest BCUT2D eigenvalue weighted by Crippen LogP contribution is -2.60. The predicted octanol–water partition coefficient (Wildman–Crippen LogP) is 1.17. The van der Waals surface area contributed by atoms with E-state index in [-0.39, 0.29) is 25.0 Å². The van der Waals surface area contributed by atoms with Crippen LogP contribution in [0.4, 0.5) is 0 Å². The minimum Gasteiger partial charge on any atom is -0.480 e. The molecule has 13 heteroatoms. The van der Waals surface area contributed by atoms with Crippen LogP contribution in [0.2, 0.25) is 0 Å². The molecule has 1 aromatic carbocycles.